The molecule has 8 nitrogen and oxygen atoms in total. The Morgan fingerprint density at radius 3 is 2.34 bits per heavy atom. The van der Waals surface area contributed by atoms with Crippen LogP contribution in [0.2, 0.25) is 0 Å². The summed E-state index contributed by atoms with van der Waals surface area (Å²) in [6.07, 6.45) is 2.52. The molecule has 1 fully saturated rings. The van der Waals surface area contributed by atoms with Gasteiger partial charge in [-0.05, 0) is 48.2 Å². The van der Waals surface area contributed by atoms with Crippen LogP contribution in [0, 0.1) is 5.92 Å². The first-order valence-corrected chi connectivity index (χ1v) is 13.2. The molecule has 3 aromatic rings. The summed E-state index contributed by atoms with van der Waals surface area (Å²) >= 11 is 0. The Morgan fingerprint density at radius 2 is 1.63 bits per heavy atom. The SMILES string of the molecule is O=C(NCc1ccco1)c1cccc(CNC(=O)C2CCN(S(=O)(=O)Cc3ccccc3)CC2)c1. The Hall–Kier alpha value is -3.43. The van der Waals surface area contributed by atoms with Gasteiger partial charge in [-0.1, -0.05) is 42.5 Å². The van der Waals surface area contributed by atoms with Crippen LogP contribution in [0.1, 0.15) is 40.1 Å². The fourth-order valence-corrected chi connectivity index (χ4v) is 5.67. The van der Waals surface area contributed by atoms with E-state index in [4.69, 9.17) is 4.42 Å². The number of nitrogens with one attached hydrogen (secondary N) is 2. The largest absolute Gasteiger partial charge is 0.467 e. The molecule has 0 radical (unpaired) electrons. The Kier molecular flexibility index (Phi) is 7.99. The minimum absolute atomic E-state index is 0.0316. The molecule has 1 saturated heterocycles. The number of rotatable bonds is 9. The zero-order valence-corrected chi connectivity index (χ0v) is 20.2. The molecule has 0 atom stereocenters. The van der Waals surface area contributed by atoms with Crippen molar-refractivity contribution in [1.29, 1.82) is 0 Å². The summed E-state index contributed by atoms with van der Waals surface area (Å²) in [4.78, 5) is 25.1. The van der Waals surface area contributed by atoms with Crippen molar-refractivity contribution >= 4 is 21.8 Å². The van der Waals surface area contributed by atoms with Gasteiger partial charge in [0, 0.05) is 31.1 Å². The van der Waals surface area contributed by atoms with Gasteiger partial charge in [-0.2, -0.15) is 0 Å². The smallest absolute Gasteiger partial charge is 0.251 e. The molecule has 9 heteroatoms. The molecular weight excluding hydrogens is 466 g/mol. The van der Waals surface area contributed by atoms with Gasteiger partial charge in [0.05, 0.1) is 18.6 Å². The van der Waals surface area contributed by atoms with E-state index in [0.717, 1.165) is 11.1 Å². The second kappa shape index (κ2) is 11.3. The summed E-state index contributed by atoms with van der Waals surface area (Å²) in [7, 11) is -3.42. The average Bonchev–Trinajstić information content (AvgIpc) is 3.40. The summed E-state index contributed by atoms with van der Waals surface area (Å²) in [5.41, 5.74) is 2.07. The fraction of sp³-hybridized carbons (Fsp3) is 0.308. The molecule has 2 heterocycles. The predicted molar refractivity (Wildman–Crippen MR) is 132 cm³/mol. The van der Waals surface area contributed by atoms with Crippen LogP contribution in [0.5, 0.6) is 0 Å². The maximum Gasteiger partial charge on any atom is 0.251 e. The Bertz CT molecular complexity index is 1240. The number of furan rings is 1. The molecule has 0 aliphatic carbocycles. The number of hydrogen-bond acceptors (Lipinski definition) is 5. The highest BCUT2D eigenvalue weighted by Gasteiger charge is 2.31. The average molecular weight is 496 g/mol. The molecule has 4 rings (SSSR count). The standard InChI is InChI=1S/C26H29N3O5S/c30-25(22-11-13-29(14-12-22)35(32,33)19-20-6-2-1-3-7-20)27-17-21-8-4-9-23(16-21)26(31)28-18-24-10-5-15-34-24/h1-10,15-16,22H,11-14,17-19H2,(H,27,30)(H,28,31). The Labute approximate surface area is 205 Å². The second-order valence-corrected chi connectivity index (χ2v) is 10.6. The zero-order chi connectivity index (χ0) is 24.7. The molecule has 2 aromatic carbocycles. The second-order valence-electron chi connectivity index (χ2n) is 8.60. The third-order valence-corrected chi connectivity index (χ3v) is 7.92. The van der Waals surface area contributed by atoms with Gasteiger partial charge in [0.25, 0.3) is 5.91 Å². The minimum Gasteiger partial charge on any atom is -0.467 e. The van der Waals surface area contributed by atoms with Crippen molar-refractivity contribution in [3.8, 4) is 0 Å². The lowest BCUT2D eigenvalue weighted by molar-refractivity contribution is -0.126. The minimum atomic E-state index is -3.42. The van der Waals surface area contributed by atoms with Crippen molar-refractivity contribution in [1.82, 2.24) is 14.9 Å². The first-order valence-electron chi connectivity index (χ1n) is 11.6. The highest BCUT2D eigenvalue weighted by Crippen LogP contribution is 2.22. The van der Waals surface area contributed by atoms with Crippen LogP contribution in [0.3, 0.4) is 0 Å². The van der Waals surface area contributed by atoms with E-state index in [1.807, 2.05) is 24.3 Å². The van der Waals surface area contributed by atoms with E-state index in [0.29, 0.717) is 50.3 Å². The lowest BCUT2D eigenvalue weighted by atomic mass is 9.97. The highest BCUT2D eigenvalue weighted by molar-refractivity contribution is 7.88. The molecule has 184 valence electrons. The first-order chi connectivity index (χ1) is 16.9. The van der Waals surface area contributed by atoms with Crippen LogP contribution in [0.25, 0.3) is 0 Å². The number of carbonyl (C=O) groups excluding carboxylic acids is 2. The number of sulfonamides is 1. The van der Waals surface area contributed by atoms with Crippen molar-refractivity contribution < 1.29 is 22.4 Å². The van der Waals surface area contributed by atoms with Crippen molar-refractivity contribution in [3.63, 3.8) is 0 Å². The number of piperidine rings is 1. The molecule has 1 aliphatic rings. The molecule has 2 amide bonds. The van der Waals surface area contributed by atoms with Gasteiger partial charge < -0.3 is 15.1 Å². The molecule has 0 spiro atoms. The Balaban J connectivity index is 1.24. The van der Waals surface area contributed by atoms with Crippen molar-refractivity contribution in [2.24, 2.45) is 5.92 Å². The third kappa shape index (κ3) is 6.80. The van der Waals surface area contributed by atoms with Crippen molar-refractivity contribution in [2.45, 2.75) is 31.7 Å². The summed E-state index contributed by atoms with van der Waals surface area (Å²) < 4.78 is 32.2. The van der Waals surface area contributed by atoms with Gasteiger partial charge in [0.1, 0.15) is 5.76 Å². The van der Waals surface area contributed by atoms with Crippen LogP contribution in [0.15, 0.2) is 77.4 Å². The molecule has 0 saturated carbocycles. The summed E-state index contributed by atoms with van der Waals surface area (Å²) in [6, 6.07) is 19.7. The van der Waals surface area contributed by atoms with E-state index >= 15 is 0 Å². The number of carbonyl (C=O) groups is 2. The maximum atomic E-state index is 12.7. The molecule has 1 aliphatic heterocycles. The Morgan fingerprint density at radius 1 is 0.886 bits per heavy atom. The summed E-state index contributed by atoms with van der Waals surface area (Å²) in [5, 5.41) is 5.73. The van der Waals surface area contributed by atoms with Gasteiger partial charge >= 0.3 is 0 Å². The van der Waals surface area contributed by atoms with Gasteiger partial charge in [-0.15, -0.1) is 0 Å². The lowest BCUT2D eigenvalue weighted by Crippen LogP contribution is -2.43. The quantitative estimate of drug-likeness (QED) is 0.474. The normalized spacial score (nSPS) is 15.0. The van der Waals surface area contributed by atoms with Gasteiger partial charge in [-0.25, -0.2) is 12.7 Å². The zero-order valence-electron chi connectivity index (χ0n) is 19.4. The highest BCUT2D eigenvalue weighted by atomic mass is 32.2. The van der Waals surface area contributed by atoms with E-state index in [1.165, 1.54) is 4.31 Å². The molecular formula is C26H29N3O5S. The molecule has 0 unspecified atom stereocenters. The number of amides is 2. The lowest BCUT2D eigenvalue weighted by Gasteiger charge is -2.30. The van der Waals surface area contributed by atoms with Gasteiger partial charge in [0.15, 0.2) is 0 Å². The van der Waals surface area contributed by atoms with E-state index in [9.17, 15) is 18.0 Å². The van der Waals surface area contributed by atoms with Crippen LogP contribution >= 0.6 is 0 Å². The van der Waals surface area contributed by atoms with Crippen LogP contribution in [0.4, 0.5) is 0 Å². The number of nitrogens with zero attached hydrogens (tertiary/aromatic N) is 1. The summed E-state index contributed by atoms with van der Waals surface area (Å²) in [6.45, 7) is 1.26. The van der Waals surface area contributed by atoms with E-state index in [2.05, 4.69) is 10.6 Å². The maximum absolute atomic E-state index is 12.7. The van der Waals surface area contributed by atoms with Gasteiger partial charge in [0.2, 0.25) is 15.9 Å². The van der Waals surface area contributed by atoms with Gasteiger partial charge in [-0.3, -0.25) is 9.59 Å². The molecule has 0 bridgehead atoms. The van der Waals surface area contributed by atoms with Crippen LogP contribution in [-0.4, -0.2) is 37.6 Å². The van der Waals surface area contributed by atoms with Crippen LogP contribution < -0.4 is 10.6 Å². The van der Waals surface area contributed by atoms with E-state index in [1.54, 1.807) is 48.7 Å². The molecule has 2 N–H and O–H groups in total. The fourth-order valence-electron chi connectivity index (χ4n) is 4.11. The molecule has 35 heavy (non-hydrogen) atoms. The molecule has 1 aromatic heterocycles. The third-order valence-electron chi connectivity index (χ3n) is 6.07. The number of hydrogen-bond donors (Lipinski definition) is 2. The number of benzene rings is 2. The van der Waals surface area contributed by atoms with Crippen molar-refractivity contribution in [3.05, 3.63) is 95.4 Å². The predicted octanol–water partition coefficient (Wildman–Crippen LogP) is 3.07. The summed E-state index contributed by atoms with van der Waals surface area (Å²) in [5.74, 6) is 0.0749. The van der Waals surface area contributed by atoms with Crippen LogP contribution in [-0.2, 0) is 33.7 Å². The monoisotopic (exact) mass is 495 g/mol. The van der Waals surface area contributed by atoms with E-state index < -0.39 is 10.0 Å². The first kappa shape index (κ1) is 24.7. The topological polar surface area (TPSA) is 109 Å². The van der Waals surface area contributed by atoms with E-state index in [-0.39, 0.29) is 23.5 Å². The van der Waals surface area contributed by atoms with Crippen molar-refractivity contribution in [2.75, 3.05) is 13.1 Å².